The summed E-state index contributed by atoms with van der Waals surface area (Å²) in [7, 11) is -3.83. The Hall–Kier alpha value is -3.53. The smallest absolute Gasteiger partial charge is 0.298 e. The fourth-order valence-electron chi connectivity index (χ4n) is 2.51. The van der Waals surface area contributed by atoms with E-state index < -0.39 is 27.7 Å². The molecule has 0 saturated heterocycles. The summed E-state index contributed by atoms with van der Waals surface area (Å²) in [5.41, 5.74) is 4.13. The first kappa shape index (κ1) is 21.2. The summed E-state index contributed by atoms with van der Waals surface area (Å²) in [4.78, 5) is 12.4. The van der Waals surface area contributed by atoms with E-state index in [1.54, 1.807) is 18.2 Å². The van der Waals surface area contributed by atoms with Crippen LogP contribution in [-0.2, 0) is 16.2 Å². The van der Waals surface area contributed by atoms with E-state index >= 15 is 0 Å². The highest BCUT2D eigenvalue weighted by Gasteiger charge is 2.30. The van der Waals surface area contributed by atoms with Crippen molar-refractivity contribution in [3.05, 3.63) is 90.0 Å². The molecule has 0 aliphatic rings. The topological polar surface area (TPSA) is 87.3 Å². The van der Waals surface area contributed by atoms with E-state index in [2.05, 4.69) is 15.6 Å². The van der Waals surface area contributed by atoms with Gasteiger partial charge in [-0.1, -0.05) is 30.3 Å². The normalized spacial score (nSPS) is 11.6. The molecule has 0 unspecified atom stereocenters. The van der Waals surface area contributed by atoms with Crippen molar-refractivity contribution in [2.75, 3.05) is 10.1 Å². The number of hydrogen-bond donors (Lipinski definition) is 3. The number of nitrogens with one attached hydrogen (secondary N) is 3. The molecule has 0 heterocycles. The number of alkyl halides is 3. The van der Waals surface area contributed by atoms with Gasteiger partial charge < -0.3 is 0 Å². The Morgan fingerprint density at radius 1 is 0.800 bits per heavy atom. The zero-order valence-electron chi connectivity index (χ0n) is 15.3. The van der Waals surface area contributed by atoms with Crippen molar-refractivity contribution in [2.45, 2.75) is 11.1 Å². The molecule has 0 saturated carbocycles. The number of halogens is 3. The Labute approximate surface area is 170 Å². The number of sulfonamides is 1. The third-order valence-corrected chi connectivity index (χ3v) is 5.34. The molecular weight excluding hydrogens is 419 g/mol. The zero-order valence-corrected chi connectivity index (χ0v) is 16.1. The molecule has 3 rings (SSSR count). The second-order valence-corrected chi connectivity index (χ2v) is 7.84. The molecule has 0 aliphatic carbocycles. The van der Waals surface area contributed by atoms with E-state index in [4.69, 9.17) is 0 Å². The van der Waals surface area contributed by atoms with E-state index in [0.717, 1.165) is 12.1 Å². The van der Waals surface area contributed by atoms with Crippen molar-refractivity contribution in [3.8, 4) is 0 Å². The fourth-order valence-corrected chi connectivity index (χ4v) is 3.58. The number of anilines is 2. The molecule has 3 N–H and O–H groups in total. The van der Waals surface area contributed by atoms with Crippen LogP contribution in [0.25, 0.3) is 0 Å². The van der Waals surface area contributed by atoms with Crippen molar-refractivity contribution in [2.24, 2.45) is 0 Å². The maximum atomic E-state index is 12.8. The Bertz CT molecular complexity index is 1150. The summed E-state index contributed by atoms with van der Waals surface area (Å²) >= 11 is 0. The lowest BCUT2D eigenvalue weighted by atomic mass is 10.2. The molecule has 0 spiro atoms. The van der Waals surface area contributed by atoms with Gasteiger partial charge in [0.15, 0.2) is 0 Å². The third kappa shape index (κ3) is 5.29. The van der Waals surface area contributed by atoms with Crippen LogP contribution in [0.15, 0.2) is 83.8 Å². The number of carbonyl (C=O) groups is 1. The lowest BCUT2D eigenvalue weighted by molar-refractivity contribution is -0.137. The predicted octanol–water partition coefficient (Wildman–Crippen LogP) is 4.26. The molecule has 3 aromatic carbocycles. The highest BCUT2D eigenvalue weighted by Crippen LogP contribution is 2.30. The van der Waals surface area contributed by atoms with Gasteiger partial charge in [-0.3, -0.25) is 20.4 Å². The van der Waals surface area contributed by atoms with E-state index in [1.165, 1.54) is 48.5 Å². The van der Waals surface area contributed by atoms with Crippen LogP contribution in [0.1, 0.15) is 15.9 Å². The minimum Gasteiger partial charge on any atom is -0.298 e. The molecule has 0 radical (unpaired) electrons. The maximum absolute atomic E-state index is 12.8. The van der Waals surface area contributed by atoms with Crippen molar-refractivity contribution >= 4 is 27.3 Å². The lowest BCUT2D eigenvalue weighted by Crippen LogP contribution is -2.29. The molecule has 0 fully saturated rings. The quantitative estimate of drug-likeness (QED) is 0.505. The first-order chi connectivity index (χ1) is 14.1. The van der Waals surface area contributed by atoms with Crippen LogP contribution in [0, 0.1) is 0 Å². The number of hydrazine groups is 1. The van der Waals surface area contributed by atoms with Crippen molar-refractivity contribution in [3.63, 3.8) is 0 Å². The van der Waals surface area contributed by atoms with Crippen molar-refractivity contribution in [1.82, 2.24) is 5.43 Å². The van der Waals surface area contributed by atoms with Crippen LogP contribution in [0.2, 0.25) is 0 Å². The molecule has 6 nitrogen and oxygen atoms in total. The highest BCUT2D eigenvalue weighted by atomic mass is 32.2. The average Bonchev–Trinajstić information content (AvgIpc) is 2.72. The van der Waals surface area contributed by atoms with Gasteiger partial charge in [-0.05, 0) is 48.5 Å². The molecular formula is C20H16F3N3O3S. The van der Waals surface area contributed by atoms with E-state index in [1.807, 2.05) is 0 Å². The van der Waals surface area contributed by atoms with Gasteiger partial charge in [0.1, 0.15) is 0 Å². The first-order valence-electron chi connectivity index (χ1n) is 8.57. The molecule has 0 bridgehead atoms. The van der Waals surface area contributed by atoms with Gasteiger partial charge in [-0.2, -0.15) is 13.2 Å². The third-order valence-electron chi connectivity index (χ3n) is 3.94. The molecule has 0 aromatic heterocycles. The van der Waals surface area contributed by atoms with Crippen LogP contribution in [-0.4, -0.2) is 14.3 Å². The lowest BCUT2D eigenvalue weighted by Gasteiger charge is -2.12. The number of rotatable bonds is 6. The fraction of sp³-hybridized carbons (Fsp3) is 0.0500. The van der Waals surface area contributed by atoms with E-state index in [9.17, 15) is 26.4 Å². The van der Waals surface area contributed by atoms with Gasteiger partial charge >= 0.3 is 6.18 Å². The molecule has 30 heavy (non-hydrogen) atoms. The van der Waals surface area contributed by atoms with Gasteiger partial charge in [0.25, 0.3) is 15.9 Å². The van der Waals surface area contributed by atoms with Crippen LogP contribution < -0.4 is 15.6 Å². The number of carbonyl (C=O) groups excluding carboxylic acids is 1. The monoisotopic (exact) mass is 435 g/mol. The molecule has 1 amide bonds. The van der Waals surface area contributed by atoms with Crippen LogP contribution in [0.4, 0.5) is 24.5 Å². The minimum absolute atomic E-state index is 0.0408. The van der Waals surface area contributed by atoms with E-state index in [-0.39, 0.29) is 21.8 Å². The van der Waals surface area contributed by atoms with E-state index in [0.29, 0.717) is 0 Å². The number of benzene rings is 3. The molecule has 156 valence electrons. The van der Waals surface area contributed by atoms with Gasteiger partial charge in [-0.15, -0.1) is 0 Å². The maximum Gasteiger partial charge on any atom is 0.416 e. The summed E-state index contributed by atoms with van der Waals surface area (Å²) in [6.45, 7) is 0. The Morgan fingerprint density at radius 2 is 1.47 bits per heavy atom. The largest absolute Gasteiger partial charge is 0.416 e. The van der Waals surface area contributed by atoms with Gasteiger partial charge in [-0.25, -0.2) is 8.42 Å². The highest BCUT2D eigenvalue weighted by molar-refractivity contribution is 7.92. The molecule has 10 heteroatoms. The Balaban J connectivity index is 1.69. The van der Waals surface area contributed by atoms with Gasteiger partial charge in [0, 0.05) is 11.3 Å². The molecule has 3 aromatic rings. The van der Waals surface area contributed by atoms with Crippen LogP contribution in [0.3, 0.4) is 0 Å². The predicted molar refractivity (Wildman–Crippen MR) is 106 cm³/mol. The van der Waals surface area contributed by atoms with Crippen LogP contribution in [0.5, 0.6) is 0 Å². The number of hydrogen-bond acceptors (Lipinski definition) is 4. The number of amides is 1. The van der Waals surface area contributed by atoms with Gasteiger partial charge in [0.2, 0.25) is 0 Å². The Kier molecular flexibility index (Phi) is 5.97. The summed E-state index contributed by atoms with van der Waals surface area (Å²) in [6.07, 6.45) is -4.51. The molecule has 0 atom stereocenters. The van der Waals surface area contributed by atoms with Gasteiger partial charge in [0.05, 0.1) is 16.1 Å². The second kappa shape index (κ2) is 8.46. The zero-order chi connectivity index (χ0) is 21.8. The summed E-state index contributed by atoms with van der Waals surface area (Å²) in [6, 6.07) is 17.7. The first-order valence-corrected chi connectivity index (χ1v) is 10.0. The summed E-state index contributed by atoms with van der Waals surface area (Å²) in [5.74, 6) is -0.659. The minimum atomic E-state index is -4.51. The summed E-state index contributed by atoms with van der Waals surface area (Å²) in [5, 5.41) is 0. The summed E-state index contributed by atoms with van der Waals surface area (Å²) < 4.78 is 65.4. The SMILES string of the molecule is O=C(NNc1cccc(C(F)(F)F)c1)c1cccc(NS(=O)(=O)c2ccccc2)c1. The molecule has 0 aliphatic heterocycles. The standard InChI is InChI=1S/C20H16F3N3O3S/c21-20(22,23)15-7-5-8-16(13-15)24-25-19(27)14-6-4-9-17(12-14)26-30(28,29)18-10-2-1-3-11-18/h1-13,24,26H,(H,25,27). The van der Waals surface area contributed by atoms with Crippen molar-refractivity contribution < 1.29 is 26.4 Å². The Morgan fingerprint density at radius 3 is 2.17 bits per heavy atom. The van der Waals surface area contributed by atoms with Crippen molar-refractivity contribution in [1.29, 1.82) is 0 Å². The second-order valence-electron chi connectivity index (χ2n) is 6.16. The van der Waals surface area contributed by atoms with Crippen LogP contribution >= 0.6 is 0 Å². The average molecular weight is 435 g/mol.